The van der Waals surface area contributed by atoms with Gasteiger partial charge in [0.25, 0.3) is 5.56 Å². The average molecular weight is 594 g/mol. The number of ether oxygens (including phenoxy) is 1. The molecule has 0 aliphatic rings. The third-order valence-electron chi connectivity index (χ3n) is 4.45. The number of halogens is 6. The van der Waals surface area contributed by atoms with E-state index in [1.807, 2.05) is 19.0 Å². The number of hydrogen-bond donors (Lipinski definition) is 1. The Morgan fingerprint density at radius 1 is 1.16 bits per heavy atom. The van der Waals surface area contributed by atoms with E-state index in [9.17, 15) is 26.7 Å². The lowest BCUT2D eigenvalue weighted by atomic mass is 10.2. The van der Waals surface area contributed by atoms with Gasteiger partial charge in [0, 0.05) is 18.2 Å². The van der Waals surface area contributed by atoms with Crippen molar-refractivity contribution in [2.75, 3.05) is 14.1 Å². The molecule has 0 unspecified atom stereocenters. The standard InChI is InChI=1S/C20H20BrF2N5O2.C2HF3O2/c1-12-26-19(30-11-13-4-5-14(22)6-17(13)23)18(21)20(29)28(12)10-16-8-24-15(7-25-16)9-27(2)3;3-2(4,5)1(6)7/h4-8H,9-11H2,1-3H3;(H,6,7). The summed E-state index contributed by atoms with van der Waals surface area (Å²) in [4.78, 5) is 36.6. The van der Waals surface area contributed by atoms with Crippen LogP contribution in [0.4, 0.5) is 22.0 Å². The van der Waals surface area contributed by atoms with E-state index in [0.717, 1.165) is 17.8 Å². The van der Waals surface area contributed by atoms with Crippen LogP contribution < -0.4 is 10.3 Å². The zero-order chi connectivity index (χ0) is 27.9. The Morgan fingerprint density at radius 2 is 1.76 bits per heavy atom. The van der Waals surface area contributed by atoms with Crippen LogP contribution in [0.15, 0.2) is 39.9 Å². The van der Waals surface area contributed by atoms with Crippen LogP contribution >= 0.6 is 15.9 Å². The minimum absolute atomic E-state index is 0.0323. The molecule has 0 atom stereocenters. The lowest BCUT2D eigenvalue weighted by molar-refractivity contribution is -0.192. The Morgan fingerprint density at radius 3 is 2.27 bits per heavy atom. The molecule has 37 heavy (non-hydrogen) atoms. The van der Waals surface area contributed by atoms with Crippen LogP contribution in [-0.2, 0) is 24.5 Å². The molecule has 9 nitrogen and oxygen atoms in total. The van der Waals surface area contributed by atoms with Gasteiger partial charge in [-0.05, 0) is 49.1 Å². The van der Waals surface area contributed by atoms with E-state index in [1.165, 1.54) is 10.6 Å². The number of aliphatic carboxylic acids is 1. The molecule has 2 aromatic heterocycles. The molecular weight excluding hydrogens is 573 g/mol. The number of nitrogens with zero attached hydrogens (tertiary/aromatic N) is 5. The summed E-state index contributed by atoms with van der Waals surface area (Å²) in [7, 11) is 3.88. The molecule has 1 aromatic carbocycles. The fourth-order valence-corrected chi connectivity index (χ4v) is 3.13. The number of hydrogen-bond acceptors (Lipinski definition) is 7. The first-order valence-corrected chi connectivity index (χ1v) is 11.1. The van der Waals surface area contributed by atoms with Crippen LogP contribution in [0.1, 0.15) is 22.8 Å². The molecule has 0 aliphatic carbocycles. The molecule has 0 fully saturated rings. The number of carbonyl (C=O) groups is 1. The van der Waals surface area contributed by atoms with Gasteiger partial charge in [-0.1, -0.05) is 0 Å². The Bertz CT molecular complexity index is 1300. The quantitative estimate of drug-likeness (QED) is 0.413. The van der Waals surface area contributed by atoms with E-state index in [-0.39, 0.29) is 34.6 Å². The predicted molar refractivity (Wildman–Crippen MR) is 124 cm³/mol. The highest BCUT2D eigenvalue weighted by Crippen LogP contribution is 2.21. The number of alkyl halides is 3. The Balaban J connectivity index is 0.000000604. The number of benzene rings is 1. The zero-order valence-electron chi connectivity index (χ0n) is 19.7. The first-order valence-electron chi connectivity index (χ1n) is 10.3. The maximum Gasteiger partial charge on any atom is 0.490 e. The highest BCUT2D eigenvalue weighted by Gasteiger charge is 2.38. The van der Waals surface area contributed by atoms with Crippen molar-refractivity contribution < 1.29 is 36.6 Å². The fourth-order valence-electron chi connectivity index (χ4n) is 2.71. The van der Waals surface area contributed by atoms with Gasteiger partial charge in [-0.15, -0.1) is 0 Å². The first-order chi connectivity index (χ1) is 17.2. The molecule has 2 heterocycles. The summed E-state index contributed by atoms with van der Waals surface area (Å²) >= 11 is 3.20. The molecule has 3 rings (SSSR count). The normalized spacial score (nSPS) is 11.2. The van der Waals surface area contributed by atoms with Crippen molar-refractivity contribution in [2.45, 2.75) is 32.8 Å². The van der Waals surface area contributed by atoms with E-state index in [1.54, 1.807) is 19.3 Å². The smallest absolute Gasteiger partial charge is 0.475 e. The third kappa shape index (κ3) is 8.86. The van der Waals surface area contributed by atoms with Gasteiger partial charge in [-0.25, -0.2) is 13.6 Å². The molecule has 0 spiro atoms. The van der Waals surface area contributed by atoms with Crippen molar-refractivity contribution >= 4 is 21.9 Å². The van der Waals surface area contributed by atoms with Crippen molar-refractivity contribution in [2.24, 2.45) is 0 Å². The Hall–Kier alpha value is -3.46. The lowest BCUT2D eigenvalue weighted by Gasteiger charge is -2.14. The summed E-state index contributed by atoms with van der Waals surface area (Å²) < 4.78 is 65.6. The number of aromatic nitrogens is 4. The number of carboxylic acids is 1. The summed E-state index contributed by atoms with van der Waals surface area (Å²) in [5, 5.41) is 7.12. The Kier molecular flexibility index (Phi) is 10.2. The van der Waals surface area contributed by atoms with E-state index < -0.39 is 23.8 Å². The van der Waals surface area contributed by atoms with E-state index in [2.05, 4.69) is 30.9 Å². The van der Waals surface area contributed by atoms with Crippen molar-refractivity contribution in [1.82, 2.24) is 24.4 Å². The topological polar surface area (TPSA) is 110 Å². The summed E-state index contributed by atoms with van der Waals surface area (Å²) in [5.41, 5.74) is 1.22. The van der Waals surface area contributed by atoms with Gasteiger partial charge in [-0.2, -0.15) is 18.2 Å². The van der Waals surface area contributed by atoms with E-state index in [4.69, 9.17) is 14.6 Å². The highest BCUT2D eigenvalue weighted by atomic mass is 79.9. The van der Waals surface area contributed by atoms with Crippen LogP contribution in [0, 0.1) is 18.6 Å². The predicted octanol–water partition coefficient (Wildman–Crippen LogP) is 3.70. The summed E-state index contributed by atoms with van der Waals surface area (Å²) in [5.74, 6) is -3.73. The summed E-state index contributed by atoms with van der Waals surface area (Å²) in [6.07, 6.45) is -1.78. The second-order valence-electron chi connectivity index (χ2n) is 7.73. The zero-order valence-corrected chi connectivity index (χ0v) is 21.3. The Labute approximate surface area is 215 Å². The highest BCUT2D eigenvalue weighted by molar-refractivity contribution is 9.10. The summed E-state index contributed by atoms with van der Waals surface area (Å²) in [6.45, 7) is 2.32. The lowest BCUT2D eigenvalue weighted by Crippen LogP contribution is -2.26. The molecule has 200 valence electrons. The second kappa shape index (κ2) is 12.7. The van der Waals surface area contributed by atoms with E-state index >= 15 is 0 Å². The van der Waals surface area contributed by atoms with Gasteiger partial charge in [0.05, 0.1) is 30.3 Å². The minimum atomic E-state index is -5.08. The maximum absolute atomic E-state index is 13.8. The molecule has 0 amide bonds. The van der Waals surface area contributed by atoms with Crippen molar-refractivity contribution in [3.05, 3.63) is 79.8 Å². The molecule has 0 aliphatic heterocycles. The van der Waals surface area contributed by atoms with Gasteiger partial charge in [0.2, 0.25) is 5.88 Å². The van der Waals surface area contributed by atoms with Gasteiger partial charge < -0.3 is 14.7 Å². The van der Waals surface area contributed by atoms with Crippen LogP contribution in [0.3, 0.4) is 0 Å². The van der Waals surface area contributed by atoms with Crippen LogP contribution in [0.5, 0.6) is 5.88 Å². The molecule has 0 saturated heterocycles. The molecule has 15 heteroatoms. The van der Waals surface area contributed by atoms with Crippen LogP contribution in [0.25, 0.3) is 0 Å². The number of rotatable bonds is 7. The number of carboxylic acid groups (broad SMARTS) is 1. The SMILES string of the molecule is Cc1nc(OCc2ccc(F)cc2F)c(Br)c(=O)n1Cc1cnc(CN(C)C)cn1.O=C(O)C(F)(F)F. The largest absolute Gasteiger partial charge is 0.490 e. The monoisotopic (exact) mass is 593 g/mol. The molecular formula is C22H21BrF5N5O4. The third-order valence-corrected chi connectivity index (χ3v) is 5.13. The molecule has 0 bridgehead atoms. The molecule has 0 saturated carbocycles. The molecule has 0 radical (unpaired) electrons. The van der Waals surface area contributed by atoms with E-state index in [0.29, 0.717) is 18.1 Å². The van der Waals surface area contributed by atoms with Gasteiger partial charge in [-0.3, -0.25) is 19.3 Å². The number of aryl methyl sites for hydroxylation is 1. The minimum Gasteiger partial charge on any atom is -0.475 e. The maximum atomic E-state index is 13.8. The van der Waals surface area contributed by atoms with Gasteiger partial charge >= 0.3 is 12.1 Å². The van der Waals surface area contributed by atoms with Crippen molar-refractivity contribution in [3.8, 4) is 5.88 Å². The second-order valence-corrected chi connectivity index (χ2v) is 8.53. The first kappa shape index (κ1) is 29.8. The molecule has 3 aromatic rings. The summed E-state index contributed by atoms with van der Waals surface area (Å²) in [6, 6.07) is 3.19. The van der Waals surface area contributed by atoms with Crippen molar-refractivity contribution in [1.29, 1.82) is 0 Å². The van der Waals surface area contributed by atoms with Crippen LogP contribution in [-0.4, -0.2) is 55.8 Å². The average Bonchev–Trinajstić information content (AvgIpc) is 2.79. The van der Waals surface area contributed by atoms with Crippen molar-refractivity contribution in [3.63, 3.8) is 0 Å². The van der Waals surface area contributed by atoms with Gasteiger partial charge in [0.15, 0.2) is 0 Å². The molecule has 1 N–H and O–H groups in total. The van der Waals surface area contributed by atoms with Crippen LogP contribution in [0.2, 0.25) is 0 Å². The van der Waals surface area contributed by atoms with Gasteiger partial charge in [0.1, 0.15) is 28.5 Å². The fraction of sp³-hybridized carbons (Fsp3) is 0.318.